The summed E-state index contributed by atoms with van der Waals surface area (Å²) in [6.45, 7) is 5.80. The predicted octanol–water partition coefficient (Wildman–Crippen LogP) is 7.36. The highest BCUT2D eigenvalue weighted by molar-refractivity contribution is 7.92. The Morgan fingerprint density at radius 2 is 1.48 bits per heavy atom. The summed E-state index contributed by atoms with van der Waals surface area (Å²) in [5.41, 5.74) is 3.67. The van der Waals surface area contributed by atoms with Crippen LogP contribution in [-0.4, -0.2) is 44.3 Å². The molecule has 4 rings (SSSR count). The Balaban J connectivity index is 1.82. The van der Waals surface area contributed by atoms with Gasteiger partial charge < -0.3 is 10.2 Å². The zero-order valence-electron chi connectivity index (χ0n) is 26.2. The van der Waals surface area contributed by atoms with Crippen molar-refractivity contribution >= 4 is 50.7 Å². The molecule has 0 saturated carbocycles. The molecular weight excluding hydrogens is 641 g/mol. The van der Waals surface area contributed by atoms with Crippen LogP contribution in [0.1, 0.15) is 42.0 Å². The third-order valence-corrected chi connectivity index (χ3v) is 9.95. The third-order valence-electron chi connectivity index (χ3n) is 7.73. The highest BCUT2D eigenvalue weighted by Gasteiger charge is 2.35. The van der Waals surface area contributed by atoms with E-state index in [0.717, 1.165) is 39.4 Å². The summed E-state index contributed by atoms with van der Waals surface area (Å²) in [6, 6.07) is 27.0. The van der Waals surface area contributed by atoms with Crippen molar-refractivity contribution in [2.24, 2.45) is 0 Å². The SMILES string of the molecule is CCCCNC(=O)C(Cc1ccccc1)N(Cc1ccccc1C)C(=O)CN(c1cc(Cl)cc(Cl)c1)S(=O)(=O)c1ccc(C)cc1. The van der Waals surface area contributed by atoms with Crippen LogP contribution in [-0.2, 0) is 32.6 Å². The molecular formula is C36H39Cl2N3O4S. The smallest absolute Gasteiger partial charge is 0.264 e. The van der Waals surface area contributed by atoms with Crippen LogP contribution in [0.25, 0.3) is 0 Å². The number of nitrogens with zero attached hydrogens (tertiary/aromatic N) is 2. The first-order valence-corrected chi connectivity index (χ1v) is 17.4. The van der Waals surface area contributed by atoms with E-state index in [2.05, 4.69) is 5.32 Å². The predicted molar refractivity (Wildman–Crippen MR) is 186 cm³/mol. The second-order valence-electron chi connectivity index (χ2n) is 11.3. The topological polar surface area (TPSA) is 86.8 Å². The monoisotopic (exact) mass is 679 g/mol. The largest absolute Gasteiger partial charge is 0.354 e. The second-order valence-corrected chi connectivity index (χ2v) is 14.0. The van der Waals surface area contributed by atoms with Crippen LogP contribution in [0.2, 0.25) is 10.0 Å². The van der Waals surface area contributed by atoms with Gasteiger partial charge in [0.1, 0.15) is 12.6 Å². The number of nitrogens with one attached hydrogen (secondary N) is 1. The van der Waals surface area contributed by atoms with Crippen molar-refractivity contribution in [3.63, 3.8) is 0 Å². The first-order valence-electron chi connectivity index (χ1n) is 15.2. The molecule has 0 saturated heterocycles. The van der Waals surface area contributed by atoms with Gasteiger partial charge in [-0.2, -0.15) is 0 Å². The van der Waals surface area contributed by atoms with Gasteiger partial charge in [0.05, 0.1) is 10.6 Å². The molecule has 0 heterocycles. The number of anilines is 1. The summed E-state index contributed by atoms with van der Waals surface area (Å²) < 4.78 is 29.4. The number of sulfonamides is 1. The van der Waals surface area contributed by atoms with Gasteiger partial charge in [0, 0.05) is 29.6 Å². The lowest BCUT2D eigenvalue weighted by Crippen LogP contribution is -2.53. The molecule has 0 bridgehead atoms. The molecule has 1 N–H and O–H groups in total. The number of amides is 2. The van der Waals surface area contributed by atoms with Crippen molar-refractivity contribution in [2.75, 3.05) is 17.4 Å². The molecule has 1 unspecified atom stereocenters. The van der Waals surface area contributed by atoms with E-state index in [4.69, 9.17) is 23.2 Å². The zero-order chi connectivity index (χ0) is 33.3. The molecule has 0 fully saturated rings. The van der Waals surface area contributed by atoms with Crippen LogP contribution >= 0.6 is 23.2 Å². The van der Waals surface area contributed by atoms with Crippen LogP contribution < -0.4 is 9.62 Å². The minimum Gasteiger partial charge on any atom is -0.354 e. The molecule has 0 aliphatic rings. The number of rotatable bonds is 14. The quantitative estimate of drug-likeness (QED) is 0.141. The van der Waals surface area contributed by atoms with Gasteiger partial charge in [0.15, 0.2) is 0 Å². The average Bonchev–Trinajstić information content (AvgIpc) is 3.02. The van der Waals surface area contributed by atoms with E-state index in [1.165, 1.54) is 35.2 Å². The Kier molecular flexibility index (Phi) is 12.3. The molecule has 242 valence electrons. The van der Waals surface area contributed by atoms with Gasteiger partial charge in [-0.1, -0.05) is 109 Å². The van der Waals surface area contributed by atoms with Gasteiger partial charge in [-0.3, -0.25) is 13.9 Å². The van der Waals surface area contributed by atoms with Crippen molar-refractivity contribution in [2.45, 2.75) is 57.5 Å². The maximum atomic E-state index is 14.6. The number of hydrogen-bond donors (Lipinski definition) is 1. The molecule has 7 nitrogen and oxygen atoms in total. The number of carbonyl (C=O) groups is 2. The Labute approximate surface area is 282 Å². The van der Waals surface area contributed by atoms with Crippen molar-refractivity contribution < 1.29 is 18.0 Å². The van der Waals surface area contributed by atoms with E-state index < -0.39 is 28.5 Å². The van der Waals surface area contributed by atoms with E-state index in [-0.39, 0.29) is 39.5 Å². The summed E-state index contributed by atoms with van der Waals surface area (Å²) in [5.74, 6) is -0.861. The van der Waals surface area contributed by atoms with Crippen molar-refractivity contribution in [3.8, 4) is 0 Å². The van der Waals surface area contributed by atoms with Crippen molar-refractivity contribution in [3.05, 3.63) is 129 Å². The van der Waals surface area contributed by atoms with Gasteiger partial charge in [0.25, 0.3) is 10.0 Å². The first-order chi connectivity index (χ1) is 22.0. The van der Waals surface area contributed by atoms with Gasteiger partial charge >= 0.3 is 0 Å². The third kappa shape index (κ3) is 9.12. The van der Waals surface area contributed by atoms with Crippen molar-refractivity contribution in [1.29, 1.82) is 0 Å². The minimum absolute atomic E-state index is 0.00518. The molecule has 0 spiro atoms. The van der Waals surface area contributed by atoms with E-state index >= 15 is 0 Å². The zero-order valence-corrected chi connectivity index (χ0v) is 28.6. The molecule has 4 aromatic carbocycles. The Hall–Kier alpha value is -3.85. The lowest BCUT2D eigenvalue weighted by Gasteiger charge is -2.34. The summed E-state index contributed by atoms with van der Waals surface area (Å²) >= 11 is 12.6. The van der Waals surface area contributed by atoms with E-state index in [9.17, 15) is 18.0 Å². The molecule has 0 radical (unpaired) electrons. The Morgan fingerprint density at radius 1 is 0.848 bits per heavy atom. The fraction of sp³-hybridized carbons (Fsp3) is 0.278. The second kappa shape index (κ2) is 16.1. The van der Waals surface area contributed by atoms with Crippen LogP contribution in [0.4, 0.5) is 5.69 Å². The van der Waals surface area contributed by atoms with Gasteiger partial charge in [0.2, 0.25) is 11.8 Å². The molecule has 4 aromatic rings. The lowest BCUT2D eigenvalue weighted by atomic mass is 10.0. The van der Waals surface area contributed by atoms with Gasteiger partial charge in [-0.25, -0.2) is 8.42 Å². The van der Waals surface area contributed by atoms with E-state index in [0.29, 0.717) is 6.54 Å². The molecule has 46 heavy (non-hydrogen) atoms. The van der Waals surface area contributed by atoms with Crippen LogP contribution in [0.15, 0.2) is 102 Å². The number of aryl methyl sites for hydroxylation is 2. The standard InChI is InChI=1S/C36H39Cl2N3O4S/c1-4-5-19-39-36(43)34(20-28-12-7-6-8-13-28)40(24-29-14-10-9-11-27(29)3)35(42)25-41(32-22-30(37)21-31(38)23-32)46(44,45)33-17-15-26(2)16-18-33/h6-18,21-23,34H,4-5,19-20,24-25H2,1-3H3,(H,39,43). The number of benzene rings is 4. The summed E-state index contributed by atoms with van der Waals surface area (Å²) in [4.78, 5) is 29.9. The maximum absolute atomic E-state index is 14.6. The van der Waals surface area contributed by atoms with E-state index in [1.807, 2.05) is 75.4 Å². The van der Waals surface area contributed by atoms with Crippen LogP contribution in [0.5, 0.6) is 0 Å². The van der Waals surface area contributed by atoms with Gasteiger partial charge in [-0.05, 0) is 67.3 Å². The summed E-state index contributed by atoms with van der Waals surface area (Å²) in [7, 11) is -4.27. The number of hydrogen-bond acceptors (Lipinski definition) is 4. The highest BCUT2D eigenvalue weighted by atomic mass is 35.5. The summed E-state index contributed by atoms with van der Waals surface area (Å²) in [6.07, 6.45) is 1.92. The molecule has 0 aliphatic carbocycles. The normalized spacial score (nSPS) is 11.9. The Bertz CT molecular complexity index is 1730. The number of unbranched alkanes of at least 4 members (excludes halogenated alkanes) is 1. The number of halogens is 2. The number of carbonyl (C=O) groups excluding carboxylic acids is 2. The molecule has 0 aromatic heterocycles. The average molecular weight is 681 g/mol. The van der Waals surface area contributed by atoms with Crippen molar-refractivity contribution in [1.82, 2.24) is 10.2 Å². The molecule has 1 atom stereocenters. The maximum Gasteiger partial charge on any atom is 0.264 e. The Morgan fingerprint density at radius 3 is 2.11 bits per heavy atom. The van der Waals surface area contributed by atoms with Crippen LogP contribution in [0.3, 0.4) is 0 Å². The molecule has 0 aliphatic heterocycles. The minimum atomic E-state index is -4.27. The molecule has 2 amide bonds. The van der Waals surface area contributed by atoms with Gasteiger partial charge in [-0.15, -0.1) is 0 Å². The van der Waals surface area contributed by atoms with Crippen LogP contribution in [0, 0.1) is 13.8 Å². The van der Waals surface area contributed by atoms with E-state index in [1.54, 1.807) is 12.1 Å². The summed E-state index contributed by atoms with van der Waals surface area (Å²) in [5, 5.41) is 3.43. The highest BCUT2D eigenvalue weighted by Crippen LogP contribution is 2.30. The fourth-order valence-electron chi connectivity index (χ4n) is 5.08. The molecule has 10 heteroatoms. The lowest BCUT2D eigenvalue weighted by molar-refractivity contribution is -0.140. The fourth-order valence-corrected chi connectivity index (χ4v) is 6.99. The first kappa shape index (κ1) is 35.0.